The molecule has 2 heterocycles. The van der Waals surface area contributed by atoms with E-state index in [0.717, 1.165) is 5.75 Å². The average molecular weight is 857 g/mol. The van der Waals surface area contributed by atoms with Gasteiger partial charge in [-0.1, -0.05) is 206 Å². The van der Waals surface area contributed by atoms with E-state index in [-0.39, 0.29) is 12.0 Å². The third-order valence-electron chi connectivity index (χ3n) is 14.2. The van der Waals surface area contributed by atoms with Crippen molar-refractivity contribution in [3.63, 3.8) is 0 Å². The van der Waals surface area contributed by atoms with Gasteiger partial charge in [0.15, 0.2) is 0 Å². The molecular formula is C64H40OS. The molecule has 1 aromatic heterocycles. The zero-order chi connectivity index (χ0) is 43.3. The van der Waals surface area contributed by atoms with Crippen LogP contribution in [0.4, 0.5) is 0 Å². The minimum atomic E-state index is -0.00432. The van der Waals surface area contributed by atoms with Gasteiger partial charge in [-0.25, -0.2) is 0 Å². The second kappa shape index (κ2) is 14.8. The van der Waals surface area contributed by atoms with E-state index in [9.17, 15) is 0 Å². The number of rotatable bonds is 5. The van der Waals surface area contributed by atoms with E-state index in [1.54, 1.807) is 0 Å². The van der Waals surface area contributed by atoms with Crippen LogP contribution in [-0.2, 0) is 0 Å². The van der Waals surface area contributed by atoms with E-state index in [0.29, 0.717) is 0 Å². The fourth-order valence-electron chi connectivity index (χ4n) is 11.3. The van der Waals surface area contributed by atoms with Crippen molar-refractivity contribution >= 4 is 80.2 Å². The van der Waals surface area contributed by atoms with Crippen molar-refractivity contribution in [3.05, 3.63) is 242 Å². The Balaban J connectivity index is 0.945. The number of hydrogen-bond donors (Lipinski definition) is 0. The minimum absolute atomic E-state index is 0.00432. The van der Waals surface area contributed by atoms with Gasteiger partial charge in [-0.05, 0) is 117 Å². The van der Waals surface area contributed by atoms with Gasteiger partial charge in [-0.3, -0.25) is 0 Å². The van der Waals surface area contributed by atoms with E-state index in [4.69, 9.17) is 4.74 Å². The smallest absolute Gasteiger partial charge is 0.128 e. The average Bonchev–Trinajstić information content (AvgIpc) is 3.95. The summed E-state index contributed by atoms with van der Waals surface area (Å²) in [5.74, 6) is 1.12. The molecular weight excluding hydrogens is 817 g/mol. The summed E-state index contributed by atoms with van der Waals surface area (Å²) in [6.07, 6.45) is 6.84. The summed E-state index contributed by atoms with van der Waals surface area (Å²) in [6.45, 7) is 0. The molecule has 308 valence electrons. The molecule has 0 saturated heterocycles. The summed E-state index contributed by atoms with van der Waals surface area (Å²) in [5, 5.41) is 12.7. The van der Waals surface area contributed by atoms with Crippen LogP contribution in [0.25, 0.3) is 113 Å². The van der Waals surface area contributed by atoms with Crippen molar-refractivity contribution in [2.45, 2.75) is 12.0 Å². The first kappa shape index (κ1) is 37.3. The van der Waals surface area contributed by atoms with Crippen LogP contribution in [0.15, 0.2) is 231 Å². The summed E-state index contributed by atoms with van der Waals surface area (Å²) in [6, 6.07) is 78.4. The first-order valence-electron chi connectivity index (χ1n) is 22.9. The Morgan fingerprint density at radius 1 is 0.364 bits per heavy atom. The van der Waals surface area contributed by atoms with Crippen molar-refractivity contribution in [3.8, 4) is 50.3 Å². The zero-order valence-electron chi connectivity index (χ0n) is 35.9. The second-order valence-electron chi connectivity index (χ2n) is 17.8. The highest BCUT2D eigenvalue weighted by Crippen LogP contribution is 2.51. The van der Waals surface area contributed by atoms with Gasteiger partial charge in [0.05, 0.1) is 0 Å². The van der Waals surface area contributed by atoms with Crippen LogP contribution >= 0.6 is 11.3 Å². The molecule has 1 nitrogen and oxygen atoms in total. The Morgan fingerprint density at radius 2 is 0.848 bits per heavy atom. The molecule has 0 fully saturated rings. The maximum atomic E-state index is 6.56. The van der Waals surface area contributed by atoms with E-state index in [1.165, 1.54) is 124 Å². The molecule has 66 heavy (non-hydrogen) atoms. The maximum absolute atomic E-state index is 6.56. The van der Waals surface area contributed by atoms with Crippen molar-refractivity contribution in [1.82, 2.24) is 0 Å². The maximum Gasteiger partial charge on any atom is 0.128 e. The van der Waals surface area contributed by atoms with Crippen LogP contribution in [-0.4, -0.2) is 6.10 Å². The summed E-state index contributed by atoms with van der Waals surface area (Å²) in [7, 11) is 0. The number of fused-ring (bicyclic) bond motifs is 10. The number of allylic oxidation sites excluding steroid dienone is 2. The predicted molar refractivity (Wildman–Crippen MR) is 282 cm³/mol. The fourth-order valence-corrected chi connectivity index (χ4v) is 12.6. The third-order valence-corrected chi connectivity index (χ3v) is 15.4. The quantitative estimate of drug-likeness (QED) is 0.157. The standard InChI is InChI=1S/C64H40OS/c1-3-16-39(17-4-1)41-31-34-57-55(36-41)56-37-42(32-35-58(56)65-57)61-49-24-11-13-26-51(49)63(52-27-14-12-25-50(52)61)54-29-15-28-53-44-33-30-43(38-59(44)66-64(53)54)62-47-22-9-7-20-45(47)60(40-18-5-2-6-19-40)46-21-8-10-23-48(46)62/h1-38,55,57H. The van der Waals surface area contributed by atoms with E-state index in [1.807, 2.05) is 11.3 Å². The Bertz CT molecular complexity index is 3910. The molecule has 0 N–H and O–H groups in total. The highest BCUT2D eigenvalue weighted by molar-refractivity contribution is 7.26. The zero-order valence-corrected chi connectivity index (χ0v) is 36.7. The lowest BCUT2D eigenvalue weighted by Crippen LogP contribution is -2.16. The molecule has 0 saturated carbocycles. The van der Waals surface area contributed by atoms with Gasteiger partial charge in [0.2, 0.25) is 0 Å². The van der Waals surface area contributed by atoms with Crippen LogP contribution in [0.3, 0.4) is 0 Å². The van der Waals surface area contributed by atoms with Gasteiger partial charge < -0.3 is 4.74 Å². The number of hydrogen-bond acceptors (Lipinski definition) is 2. The fraction of sp³-hybridized carbons (Fsp3) is 0.0312. The van der Waals surface area contributed by atoms with Gasteiger partial charge in [0.25, 0.3) is 0 Å². The third kappa shape index (κ3) is 5.65. The second-order valence-corrected chi connectivity index (χ2v) is 18.8. The Labute approximate surface area is 386 Å². The Morgan fingerprint density at radius 3 is 1.44 bits per heavy atom. The topological polar surface area (TPSA) is 9.23 Å². The number of benzene rings is 11. The first-order chi connectivity index (χ1) is 32.7. The summed E-state index contributed by atoms with van der Waals surface area (Å²) >= 11 is 1.92. The molecule has 0 bridgehead atoms. The molecule has 2 atom stereocenters. The highest BCUT2D eigenvalue weighted by atomic mass is 32.1. The molecule has 14 rings (SSSR count). The Hall–Kier alpha value is -8.04. The van der Waals surface area contributed by atoms with Gasteiger partial charge in [-0.15, -0.1) is 11.3 Å². The van der Waals surface area contributed by atoms with Gasteiger partial charge >= 0.3 is 0 Å². The number of ether oxygens (including phenoxy) is 1. The van der Waals surface area contributed by atoms with Crippen molar-refractivity contribution in [2.75, 3.05) is 0 Å². The van der Waals surface area contributed by atoms with Crippen molar-refractivity contribution < 1.29 is 4.74 Å². The van der Waals surface area contributed by atoms with Crippen molar-refractivity contribution in [1.29, 1.82) is 0 Å². The van der Waals surface area contributed by atoms with Crippen molar-refractivity contribution in [2.24, 2.45) is 0 Å². The lowest BCUT2D eigenvalue weighted by molar-refractivity contribution is 0.269. The summed E-state index contributed by atoms with van der Waals surface area (Å²) in [5.41, 5.74) is 13.8. The molecule has 1 aliphatic heterocycles. The largest absolute Gasteiger partial charge is 0.485 e. The minimum Gasteiger partial charge on any atom is -0.485 e. The molecule has 1 aliphatic carbocycles. The highest BCUT2D eigenvalue weighted by Gasteiger charge is 2.34. The normalized spacial score (nSPS) is 15.4. The van der Waals surface area contributed by atoms with Crippen LogP contribution in [0, 0.1) is 0 Å². The molecule has 11 aromatic carbocycles. The molecule has 0 spiro atoms. The van der Waals surface area contributed by atoms with Crippen LogP contribution in [0.2, 0.25) is 0 Å². The van der Waals surface area contributed by atoms with Gasteiger partial charge in [0, 0.05) is 37.2 Å². The van der Waals surface area contributed by atoms with Crippen LogP contribution in [0.5, 0.6) is 5.75 Å². The van der Waals surface area contributed by atoms with E-state index < -0.39 is 0 Å². The molecule has 12 aromatic rings. The SMILES string of the molecule is C1=CC2Oc3ccc(-c4c5ccccc5c(-c5cccc6c5sc5cc(-c7c8ccccc8c(-c8ccccc8)c8ccccc78)ccc56)c5ccccc45)cc3C2C=C1c1ccccc1. The van der Waals surface area contributed by atoms with Gasteiger partial charge in [0.1, 0.15) is 11.9 Å². The molecule has 2 heteroatoms. The molecule has 0 amide bonds. The molecule has 2 aliphatic rings. The van der Waals surface area contributed by atoms with Crippen LogP contribution < -0.4 is 4.74 Å². The summed E-state index contributed by atoms with van der Waals surface area (Å²) < 4.78 is 9.17. The summed E-state index contributed by atoms with van der Waals surface area (Å²) in [4.78, 5) is 0. The van der Waals surface area contributed by atoms with E-state index in [2.05, 4.69) is 231 Å². The molecule has 0 radical (unpaired) electrons. The monoisotopic (exact) mass is 856 g/mol. The van der Waals surface area contributed by atoms with E-state index >= 15 is 0 Å². The molecule has 2 unspecified atom stereocenters. The predicted octanol–water partition coefficient (Wildman–Crippen LogP) is 17.8. The Kier molecular flexibility index (Phi) is 8.35. The lowest BCUT2D eigenvalue weighted by Gasteiger charge is -2.20. The van der Waals surface area contributed by atoms with Crippen LogP contribution in [0.1, 0.15) is 17.0 Å². The first-order valence-corrected chi connectivity index (χ1v) is 23.7. The number of thiophene rings is 1. The van der Waals surface area contributed by atoms with Gasteiger partial charge in [-0.2, -0.15) is 0 Å². The lowest BCUT2D eigenvalue weighted by atomic mass is 9.83.